The molecule has 3 aliphatic rings. The van der Waals surface area contributed by atoms with Crippen LogP contribution >= 0.6 is 11.3 Å². The quantitative estimate of drug-likeness (QED) is 0.470. The first kappa shape index (κ1) is 24.1. The molecular weight excluding hydrogens is 484 g/mol. The van der Waals surface area contributed by atoms with Gasteiger partial charge in [-0.2, -0.15) is 0 Å². The van der Waals surface area contributed by atoms with Gasteiger partial charge in [-0.05, 0) is 42.7 Å². The Morgan fingerprint density at radius 2 is 1.84 bits per heavy atom. The minimum atomic E-state index is -0.307. The van der Waals surface area contributed by atoms with Crippen LogP contribution in [0, 0.1) is 12.3 Å². The number of nitrogen functional groups attached to an aromatic ring is 2. The van der Waals surface area contributed by atoms with Crippen molar-refractivity contribution in [2.75, 3.05) is 36.0 Å². The molecule has 2 aromatic heterocycles. The monoisotopic (exact) mass is 518 g/mol. The Balaban J connectivity index is 1.20. The van der Waals surface area contributed by atoms with Crippen molar-refractivity contribution in [3.05, 3.63) is 57.4 Å². The lowest BCUT2D eigenvalue weighted by Gasteiger charge is -2.43. The molecule has 2 aliphatic heterocycles. The highest BCUT2D eigenvalue weighted by Gasteiger charge is 2.46. The van der Waals surface area contributed by atoms with Gasteiger partial charge in [-0.15, -0.1) is 11.3 Å². The van der Waals surface area contributed by atoms with Gasteiger partial charge in [-0.1, -0.05) is 38.1 Å². The number of fused-ring (bicyclic) bond motifs is 2. The molecule has 194 valence electrons. The fourth-order valence-corrected chi connectivity index (χ4v) is 7.56. The molecule has 1 fully saturated rings. The second-order valence-corrected chi connectivity index (χ2v) is 12.6. The normalized spacial score (nSPS) is 21.7. The van der Waals surface area contributed by atoms with Crippen molar-refractivity contribution in [1.82, 2.24) is 19.9 Å². The summed E-state index contributed by atoms with van der Waals surface area (Å²) in [7, 11) is 0. The van der Waals surface area contributed by atoms with Gasteiger partial charge in [-0.3, -0.25) is 4.79 Å². The van der Waals surface area contributed by atoms with Gasteiger partial charge >= 0.3 is 0 Å². The van der Waals surface area contributed by atoms with E-state index in [-0.39, 0.29) is 34.3 Å². The minimum absolute atomic E-state index is 0.0614. The molecule has 1 spiro atoms. The number of carbonyl (C=O) groups is 1. The molecule has 1 aliphatic carbocycles. The number of thiazole rings is 1. The van der Waals surface area contributed by atoms with Crippen molar-refractivity contribution in [2.45, 2.75) is 58.0 Å². The molecule has 0 saturated carbocycles. The third-order valence-corrected chi connectivity index (χ3v) is 9.36. The van der Waals surface area contributed by atoms with Crippen LogP contribution in [-0.4, -0.2) is 45.4 Å². The van der Waals surface area contributed by atoms with Gasteiger partial charge in [0.25, 0.3) is 5.91 Å². The molecule has 1 saturated heterocycles. The third kappa shape index (κ3) is 3.85. The summed E-state index contributed by atoms with van der Waals surface area (Å²) < 4.78 is 0. The number of hydrogen-bond donors (Lipinski definition) is 3. The second-order valence-electron chi connectivity index (χ2n) is 11.4. The maximum absolute atomic E-state index is 13.5. The van der Waals surface area contributed by atoms with Gasteiger partial charge in [0.05, 0.1) is 17.9 Å². The van der Waals surface area contributed by atoms with Gasteiger partial charge in [0, 0.05) is 36.0 Å². The van der Waals surface area contributed by atoms with Crippen molar-refractivity contribution < 1.29 is 4.79 Å². The first-order valence-electron chi connectivity index (χ1n) is 12.9. The Morgan fingerprint density at radius 1 is 1.11 bits per heavy atom. The number of nitrogens with two attached hydrogens (primary N) is 3. The van der Waals surface area contributed by atoms with Crippen LogP contribution in [-0.2, 0) is 18.4 Å². The maximum Gasteiger partial charge on any atom is 0.276 e. The van der Waals surface area contributed by atoms with Crippen LogP contribution in [0.3, 0.4) is 0 Å². The molecule has 4 heterocycles. The summed E-state index contributed by atoms with van der Waals surface area (Å²) in [6.45, 7) is 8.69. The van der Waals surface area contributed by atoms with Crippen LogP contribution < -0.4 is 22.1 Å². The van der Waals surface area contributed by atoms with E-state index >= 15 is 0 Å². The summed E-state index contributed by atoms with van der Waals surface area (Å²) >= 11 is 1.43. The number of amides is 1. The van der Waals surface area contributed by atoms with E-state index in [0.29, 0.717) is 23.9 Å². The number of carbonyl (C=O) groups excluding carboxylic acids is 1. The lowest BCUT2D eigenvalue weighted by Crippen LogP contribution is -2.46. The van der Waals surface area contributed by atoms with Crippen LogP contribution in [0.2, 0.25) is 0 Å². The zero-order chi connectivity index (χ0) is 26.1. The molecule has 10 heteroatoms. The molecule has 6 rings (SSSR count). The van der Waals surface area contributed by atoms with Crippen molar-refractivity contribution in [3.63, 3.8) is 0 Å². The van der Waals surface area contributed by atoms with Crippen molar-refractivity contribution in [3.8, 4) is 0 Å². The average Bonchev–Trinajstić information content (AvgIpc) is 3.38. The van der Waals surface area contributed by atoms with Gasteiger partial charge in [0.1, 0.15) is 0 Å². The number of nitrogens with zero attached hydrogens (tertiary/aromatic N) is 5. The van der Waals surface area contributed by atoms with E-state index in [0.717, 1.165) is 48.7 Å². The molecule has 37 heavy (non-hydrogen) atoms. The zero-order valence-electron chi connectivity index (χ0n) is 21.6. The standard InChI is InChI=1S/C27H34N8OS/c1-15-23(34-10-8-27(9-11-34)12-16-6-4-5-7-17(16)20(27)28)33-22(29)19(31-15)24(36)35-13-18-21(26(2,3)14-35)32-25(30)37-18/h4-7,20H,8-14,28H2,1-3H3,(H2,29,33)(H2,30,32). The summed E-state index contributed by atoms with van der Waals surface area (Å²) in [4.78, 5) is 32.5. The largest absolute Gasteiger partial charge is 0.382 e. The third-order valence-electron chi connectivity index (χ3n) is 8.49. The van der Waals surface area contributed by atoms with Crippen LogP contribution in [0.5, 0.6) is 0 Å². The summed E-state index contributed by atoms with van der Waals surface area (Å²) in [6, 6.07) is 8.61. The Kier molecular flexibility index (Phi) is 5.47. The number of benzene rings is 1. The predicted octanol–water partition coefficient (Wildman–Crippen LogP) is 3.18. The lowest BCUT2D eigenvalue weighted by molar-refractivity contribution is 0.0681. The summed E-state index contributed by atoms with van der Waals surface area (Å²) in [6.07, 6.45) is 2.99. The maximum atomic E-state index is 13.5. The first-order valence-corrected chi connectivity index (χ1v) is 13.7. The Hall–Kier alpha value is -3.24. The van der Waals surface area contributed by atoms with Crippen LogP contribution in [0.4, 0.5) is 16.8 Å². The molecule has 1 unspecified atom stereocenters. The fraction of sp³-hybridized carbons (Fsp3) is 0.481. The van der Waals surface area contributed by atoms with E-state index in [4.69, 9.17) is 22.2 Å². The molecule has 9 nitrogen and oxygen atoms in total. The molecule has 1 aromatic carbocycles. The van der Waals surface area contributed by atoms with E-state index in [2.05, 4.69) is 53.0 Å². The minimum Gasteiger partial charge on any atom is -0.382 e. The molecule has 3 aromatic rings. The highest BCUT2D eigenvalue weighted by Crippen LogP contribution is 2.51. The number of aromatic nitrogens is 3. The van der Waals surface area contributed by atoms with Crippen LogP contribution in [0.25, 0.3) is 0 Å². The second kappa shape index (κ2) is 8.39. The summed E-state index contributed by atoms with van der Waals surface area (Å²) in [5.41, 5.74) is 23.4. The smallest absolute Gasteiger partial charge is 0.276 e. The van der Waals surface area contributed by atoms with Crippen molar-refractivity contribution in [2.24, 2.45) is 11.1 Å². The van der Waals surface area contributed by atoms with Crippen LogP contribution in [0.1, 0.15) is 70.6 Å². The molecule has 0 bridgehead atoms. The van der Waals surface area contributed by atoms with Crippen molar-refractivity contribution >= 4 is 34.0 Å². The molecule has 0 radical (unpaired) electrons. The number of piperidine rings is 1. The fourth-order valence-electron chi connectivity index (χ4n) is 6.53. The highest BCUT2D eigenvalue weighted by atomic mass is 32.1. The van der Waals surface area contributed by atoms with Crippen molar-refractivity contribution in [1.29, 1.82) is 0 Å². The van der Waals surface area contributed by atoms with E-state index in [1.807, 2.05) is 6.92 Å². The van der Waals surface area contributed by atoms with E-state index < -0.39 is 0 Å². The molecule has 1 amide bonds. The molecule has 1 atom stereocenters. The number of anilines is 3. The highest BCUT2D eigenvalue weighted by molar-refractivity contribution is 7.15. The van der Waals surface area contributed by atoms with E-state index in [9.17, 15) is 4.79 Å². The zero-order valence-corrected chi connectivity index (χ0v) is 22.4. The van der Waals surface area contributed by atoms with E-state index in [1.54, 1.807) is 4.90 Å². The molecule has 6 N–H and O–H groups in total. The van der Waals surface area contributed by atoms with Gasteiger partial charge in [-0.25, -0.2) is 15.0 Å². The van der Waals surface area contributed by atoms with Gasteiger partial charge < -0.3 is 27.0 Å². The Morgan fingerprint density at radius 3 is 2.57 bits per heavy atom. The first-order chi connectivity index (χ1) is 17.6. The lowest BCUT2D eigenvalue weighted by atomic mass is 9.73. The van der Waals surface area contributed by atoms with Gasteiger partial charge in [0.15, 0.2) is 22.5 Å². The SMILES string of the molecule is Cc1nc(C(=O)N2Cc3sc(N)nc3C(C)(C)C2)c(N)nc1N1CCC2(CC1)Cc1ccccc1C2N. The Bertz CT molecular complexity index is 1390. The number of aryl methyl sites for hydroxylation is 1. The number of rotatable bonds is 2. The predicted molar refractivity (Wildman–Crippen MR) is 146 cm³/mol. The molecular formula is C27H34N8OS. The van der Waals surface area contributed by atoms with E-state index in [1.165, 1.54) is 22.5 Å². The Labute approximate surface area is 221 Å². The summed E-state index contributed by atoms with van der Waals surface area (Å²) in [5.74, 6) is 0.713. The van der Waals surface area contributed by atoms with Crippen LogP contribution in [0.15, 0.2) is 24.3 Å². The summed E-state index contributed by atoms with van der Waals surface area (Å²) in [5, 5.41) is 0.526. The average molecular weight is 519 g/mol. The van der Waals surface area contributed by atoms with Gasteiger partial charge in [0.2, 0.25) is 0 Å². The topological polar surface area (TPSA) is 140 Å². The number of hydrogen-bond acceptors (Lipinski definition) is 9.